The second-order valence-corrected chi connectivity index (χ2v) is 7.25. The van der Waals surface area contributed by atoms with E-state index in [1.807, 2.05) is 12.1 Å². The van der Waals surface area contributed by atoms with Crippen LogP contribution < -0.4 is 5.32 Å². The number of nitrogens with one attached hydrogen (secondary N) is 1. The van der Waals surface area contributed by atoms with Crippen LogP contribution in [-0.2, 0) is 11.3 Å². The smallest absolute Gasteiger partial charge is 0.305 e. The van der Waals surface area contributed by atoms with Gasteiger partial charge in [0.25, 0.3) is 0 Å². The molecule has 0 amide bonds. The fraction of sp³-hybridized carbons (Fsp3) is 0.318. The summed E-state index contributed by atoms with van der Waals surface area (Å²) in [6.07, 6.45) is 2.14. The van der Waals surface area contributed by atoms with E-state index in [9.17, 15) is 9.90 Å². The molecule has 0 bridgehead atoms. The molecule has 0 atom stereocenters. The van der Waals surface area contributed by atoms with Crippen LogP contribution >= 0.6 is 0 Å². The monoisotopic (exact) mass is 366 g/mol. The number of aromatic hydroxyl groups is 1. The molecule has 0 unspecified atom stereocenters. The Kier molecular flexibility index (Phi) is 5.40. The summed E-state index contributed by atoms with van der Waals surface area (Å²) in [6, 6.07) is 11.9. The number of hydrogen-bond acceptors (Lipinski definition) is 3. The van der Waals surface area contributed by atoms with Crippen LogP contribution in [0.2, 0.25) is 0 Å². The van der Waals surface area contributed by atoms with Crippen molar-refractivity contribution >= 4 is 22.6 Å². The predicted octanol–water partition coefficient (Wildman–Crippen LogP) is 4.71. The van der Waals surface area contributed by atoms with Crippen molar-refractivity contribution < 1.29 is 15.0 Å². The highest BCUT2D eigenvalue weighted by molar-refractivity contribution is 5.94. The van der Waals surface area contributed by atoms with Gasteiger partial charge < -0.3 is 20.1 Å². The van der Waals surface area contributed by atoms with Crippen LogP contribution in [0.1, 0.15) is 42.9 Å². The fourth-order valence-corrected chi connectivity index (χ4v) is 3.46. The highest BCUT2D eigenvalue weighted by atomic mass is 16.4. The minimum atomic E-state index is -0.809. The Morgan fingerprint density at radius 1 is 1.19 bits per heavy atom. The van der Waals surface area contributed by atoms with Gasteiger partial charge in [-0.1, -0.05) is 32.0 Å². The Labute approximate surface area is 159 Å². The third kappa shape index (κ3) is 4.08. The largest absolute Gasteiger partial charge is 0.508 e. The number of aryl methyl sites for hydroxylation is 1. The molecule has 142 valence electrons. The number of fused-ring (bicyclic) bond motifs is 1. The van der Waals surface area contributed by atoms with Gasteiger partial charge in [-0.2, -0.15) is 0 Å². The molecule has 3 N–H and O–H groups in total. The number of carboxylic acids is 1. The van der Waals surface area contributed by atoms with E-state index in [-0.39, 0.29) is 12.3 Å². The van der Waals surface area contributed by atoms with Crippen LogP contribution in [0, 0.1) is 6.92 Å². The van der Waals surface area contributed by atoms with Crippen molar-refractivity contribution in [3.63, 3.8) is 0 Å². The van der Waals surface area contributed by atoms with Crippen LogP contribution in [0.4, 0.5) is 5.69 Å². The molecule has 0 aliphatic rings. The first-order valence-corrected chi connectivity index (χ1v) is 9.22. The Hall–Kier alpha value is -2.95. The Bertz CT molecular complexity index is 973. The number of carbonyl (C=O) groups is 1. The standard InChI is InChI=1S/C22H26N2O3/c1-14(2)18-12-16(5-7-20(18)25)13-24-11-9-17-19(23-10-8-21(26)27)6-4-15(3)22(17)24/h4-7,9,11-12,14,23,25H,8,10,13H2,1-3H3,(H,26,27). The van der Waals surface area contributed by atoms with Gasteiger partial charge in [0.05, 0.1) is 11.9 Å². The first-order valence-electron chi connectivity index (χ1n) is 9.22. The van der Waals surface area contributed by atoms with E-state index < -0.39 is 5.97 Å². The van der Waals surface area contributed by atoms with Gasteiger partial charge in [0.15, 0.2) is 0 Å². The van der Waals surface area contributed by atoms with E-state index in [1.54, 1.807) is 6.07 Å². The normalized spacial score (nSPS) is 11.3. The van der Waals surface area contributed by atoms with Crippen LogP contribution in [-0.4, -0.2) is 27.3 Å². The minimum absolute atomic E-state index is 0.0849. The third-order valence-corrected chi connectivity index (χ3v) is 4.85. The van der Waals surface area contributed by atoms with Crippen molar-refractivity contribution in [2.45, 2.75) is 39.7 Å². The lowest BCUT2D eigenvalue weighted by molar-refractivity contribution is -0.136. The Balaban J connectivity index is 1.92. The number of aliphatic carboxylic acids is 1. The van der Waals surface area contributed by atoms with E-state index in [0.29, 0.717) is 18.8 Å². The number of rotatable bonds is 7. The van der Waals surface area contributed by atoms with Crippen LogP contribution in [0.3, 0.4) is 0 Å². The zero-order valence-electron chi connectivity index (χ0n) is 16.0. The van der Waals surface area contributed by atoms with Crippen molar-refractivity contribution in [2.24, 2.45) is 0 Å². The molecular formula is C22H26N2O3. The molecule has 27 heavy (non-hydrogen) atoms. The number of phenolic OH excluding ortho intramolecular Hbond substituents is 1. The van der Waals surface area contributed by atoms with Gasteiger partial charge in [-0.3, -0.25) is 4.79 Å². The van der Waals surface area contributed by atoms with Gasteiger partial charge in [-0.25, -0.2) is 0 Å². The van der Waals surface area contributed by atoms with Crippen molar-refractivity contribution in [3.05, 3.63) is 59.3 Å². The molecule has 1 heterocycles. The number of anilines is 1. The molecule has 0 spiro atoms. The van der Waals surface area contributed by atoms with Gasteiger partial charge in [0.2, 0.25) is 0 Å². The predicted molar refractivity (Wildman–Crippen MR) is 109 cm³/mol. The summed E-state index contributed by atoms with van der Waals surface area (Å²) >= 11 is 0. The first-order chi connectivity index (χ1) is 12.9. The van der Waals surface area contributed by atoms with E-state index in [1.165, 1.54) is 5.56 Å². The van der Waals surface area contributed by atoms with Gasteiger partial charge in [0.1, 0.15) is 5.75 Å². The molecule has 2 aromatic carbocycles. The van der Waals surface area contributed by atoms with Gasteiger partial charge >= 0.3 is 5.97 Å². The zero-order chi connectivity index (χ0) is 19.6. The molecule has 3 aromatic rings. The average molecular weight is 366 g/mol. The molecule has 0 radical (unpaired) electrons. The number of aromatic nitrogens is 1. The topological polar surface area (TPSA) is 74.5 Å². The van der Waals surface area contributed by atoms with Gasteiger partial charge in [0, 0.05) is 30.4 Å². The quantitative estimate of drug-likeness (QED) is 0.566. The lowest BCUT2D eigenvalue weighted by atomic mass is 9.99. The lowest BCUT2D eigenvalue weighted by Crippen LogP contribution is -2.08. The number of benzene rings is 2. The highest BCUT2D eigenvalue weighted by Crippen LogP contribution is 2.30. The van der Waals surface area contributed by atoms with Crippen LogP contribution in [0.5, 0.6) is 5.75 Å². The molecule has 0 fully saturated rings. The van der Waals surface area contributed by atoms with Crippen LogP contribution in [0.15, 0.2) is 42.6 Å². The first kappa shape index (κ1) is 18.8. The summed E-state index contributed by atoms with van der Waals surface area (Å²) in [4.78, 5) is 10.8. The molecular weight excluding hydrogens is 340 g/mol. The number of carboxylic acid groups (broad SMARTS) is 1. The SMILES string of the molecule is Cc1ccc(NCCC(=O)O)c2ccn(Cc3ccc(O)c(C(C)C)c3)c12. The second-order valence-electron chi connectivity index (χ2n) is 7.25. The third-order valence-electron chi connectivity index (χ3n) is 4.85. The molecule has 0 saturated carbocycles. The van der Waals surface area contributed by atoms with Crippen molar-refractivity contribution in [2.75, 3.05) is 11.9 Å². The molecule has 3 rings (SSSR count). The molecule has 5 heteroatoms. The molecule has 0 aliphatic heterocycles. The summed E-state index contributed by atoms with van der Waals surface area (Å²) in [6.45, 7) is 7.33. The zero-order valence-corrected chi connectivity index (χ0v) is 16.0. The van der Waals surface area contributed by atoms with Gasteiger partial charge in [-0.05, 0) is 47.7 Å². The average Bonchev–Trinajstić information content (AvgIpc) is 3.03. The van der Waals surface area contributed by atoms with Crippen molar-refractivity contribution in [1.29, 1.82) is 0 Å². The number of hydrogen-bond donors (Lipinski definition) is 3. The summed E-state index contributed by atoms with van der Waals surface area (Å²) < 4.78 is 2.20. The van der Waals surface area contributed by atoms with Crippen LogP contribution in [0.25, 0.3) is 10.9 Å². The van der Waals surface area contributed by atoms with Gasteiger partial charge in [-0.15, -0.1) is 0 Å². The number of phenols is 1. The van der Waals surface area contributed by atoms with E-state index in [4.69, 9.17) is 5.11 Å². The Morgan fingerprint density at radius 3 is 2.67 bits per heavy atom. The van der Waals surface area contributed by atoms with E-state index >= 15 is 0 Å². The molecule has 0 aliphatic carbocycles. The van der Waals surface area contributed by atoms with E-state index in [2.05, 4.69) is 55.1 Å². The number of nitrogens with zero attached hydrogens (tertiary/aromatic N) is 1. The summed E-state index contributed by atoms with van der Waals surface area (Å²) in [5.41, 5.74) is 5.34. The van der Waals surface area contributed by atoms with E-state index in [0.717, 1.165) is 27.7 Å². The van der Waals surface area contributed by atoms with Crippen molar-refractivity contribution in [3.8, 4) is 5.75 Å². The minimum Gasteiger partial charge on any atom is -0.508 e. The maximum atomic E-state index is 10.8. The summed E-state index contributed by atoms with van der Waals surface area (Å²) in [7, 11) is 0. The second kappa shape index (κ2) is 7.74. The van der Waals surface area contributed by atoms with Crippen molar-refractivity contribution in [1.82, 2.24) is 4.57 Å². The molecule has 5 nitrogen and oxygen atoms in total. The lowest BCUT2D eigenvalue weighted by Gasteiger charge is -2.14. The highest BCUT2D eigenvalue weighted by Gasteiger charge is 2.11. The fourth-order valence-electron chi connectivity index (χ4n) is 3.46. The maximum absolute atomic E-state index is 10.8. The maximum Gasteiger partial charge on any atom is 0.305 e. The summed E-state index contributed by atoms with van der Waals surface area (Å²) in [5.74, 6) is -0.206. The Morgan fingerprint density at radius 2 is 1.96 bits per heavy atom. The summed E-state index contributed by atoms with van der Waals surface area (Å²) in [5, 5.41) is 23.2. The molecule has 0 saturated heterocycles. The molecule has 1 aromatic heterocycles.